The van der Waals surface area contributed by atoms with Gasteiger partial charge in [0.2, 0.25) is 0 Å². The fraction of sp³-hybridized carbons (Fsp3) is 0.0714. The largest absolute Gasteiger partial charge is 0.332 e. The molecule has 8 heteroatoms. The van der Waals surface area contributed by atoms with Gasteiger partial charge in [0, 0.05) is 23.5 Å². The van der Waals surface area contributed by atoms with E-state index in [1.165, 1.54) is 30.3 Å². The van der Waals surface area contributed by atoms with Crippen LogP contribution in [0.5, 0.6) is 0 Å². The lowest BCUT2D eigenvalue weighted by Gasteiger charge is -2.12. The molecule has 0 radical (unpaired) electrons. The van der Waals surface area contributed by atoms with Crippen LogP contribution in [0, 0.1) is 22.9 Å². The molecule has 0 aliphatic heterocycles. The minimum Gasteiger partial charge on any atom is -0.332 e. The van der Waals surface area contributed by atoms with Crippen LogP contribution in [0.4, 0.5) is 21.5 Å². The number of thiocarbonyl (C=S) groups is 1. The number of nitrogens with one attached hydrogen (secondary N) is 2. The summed E-state index contributed by atoms with van der Waals surface area (Å²) in [6.07, 6.45) is 0. The van der Waals surface area contributed by atoms with Crippen LogP contribution in [-0.4, -0.2) is 10.0 Å². The lowest BCUT2D eigenvalue weighted by atomic mass is 10.2. The number of nitro benzene ring substituents is 1. The van der Waals surface area contributed by atoms with Crippen molar-refractivity contribution >= 4 is 46.0 Å². The third-order valence-corrected chi connectivity index (χ3v) is 3.35. The van der Waals surface area contributed by atoms with Crippen molar-refractivity contribution in [3.05, 3.63) is 62.9 Å². The molecule has 0 aliphatic carbocycles. The number of anilines is 2. The third-order valence-electron chi connectivity index (χ3n) is 2.86. The fourth-order valence-corrected chi connectivity index (χ4v) is 2.13. The molecular weight excluding hydrogens is 329 g/mol. The van der Waals surface area contributed by atoms with Crippen molar-refractivity contribution < 1.29 is 9.31 Å². The summed E-state index contributed by atoms with van der Waals surface area (Å²) in [6, 6.07) is 8.52. The number of nitrogens with zero attached hydrogens (tertiary/aromatic N) is 1. The van der Waals surface area contributed by atoms with E-state index < -0.39 is 10.7 Å². The van der Waals surface area contributed by atoms with E-state index in [0.717, 1.165) is 5.56 Å². The van der Waals surface area contributed by atoms with Gasteiger partial charge in [-0.05, 0) is 42.9 Å². The van der Waals surface area contributed by atoms with Gasteiger partial charge in [0.25, 0.3) is 5.69 Å². The first-order valence-corrected chi connectivity index (χ1v) is 6.93. The number of aryl methyl sites for hydroxylation is 1. The summed E-state index contributed by atoms with van der Waals surface area (Å²) in [4.78, 5) is 10.3. The Hall–Kier alpha value is -2.25. The number of rotatable bonds is 3. The summed E-state index contributed by atoms with van der Waals surface area (Å²) in [5, 5.41) is 16.7. The van der Waals surface area contributed by atoms with Crippen molar-refractivity contribution in [2.24, 2.45) is 0 Å². The van der Waals surface area contributed by atoms with Gasteiger partial charge in [0.05, 0.1) is 9.95 Å². The summed E-state index contributed by atoms with van der Waals surface area (Å²) in [5.74, 6) is -0.527. The molecule has 0 spiro atoms. The normalized spacial score (nSPS) is 10.1. The Bertz CT molecular complexity index is 755. The first-order chi connectivity index (χ1) is 10.4. The number of hydrogen-bond acceptors (Lipinski definition) is 3. The van der Waals surface area contributed by atoms with Crippen molar-refractivity contribution in [3.63, 3.8) is 0 Å². The Kier molecular flexibility index (Phi) is 4.89. The van der Waals surface area contributed by atoms with Crippen molar-refractivity contribution in [2.75, 3.05) is 10.6 Å². The molecule has 0 aliphatic rings. The number of hydrogen-bond donors (Lipinski definition) is 2. The Morgan fingerprint density at radius 2 is 2.00 bits per heavy atom. The Labute approximate surface area is 136 Å². The molecule has 2 aromatic rings. The molecule has 2 N–H and O–H groups in total. The highest BCUT2D eigenvalue weighted by atomic mass is 35.5. The topological polar surface area (TPSA) is 67.2 Å². The van der Waals surface area contributed by atoms with E-state index in [0.29, 0.717) is 11.4 Å². The number of nitro groups is 1. The average molecular weight is 340 g/mol. The molecule has 22 heavy (non-hydrogen) atoms. The van der Waals surface area contributed by atoms with Crippen LogP contribution in [0.3, 0.4) is 0 Å². The van der Waals surface area contributed by atoms with Gasteiger partial charge in [-0.2, -0.15) is 0 Å². The quantitative estimate of drug-likeness (QED) is 0.489. The summed E-state index contributed by atoms with van der Waals surface area (Å²) in [6.45, 7) is 1.80. The Balaban J connectivity index is 2.13. The highest BCUT2D eigenvalue weighted by molar-refractivity contribution is 7.80. The molecule has 0 atom stereocenters. The van der Waals surface area contributed by atoms with E-state index in [9.17, 15) is 14.5 Å². The average Bonchev–Trinajstić information content (AvgIpc) is 2.45. The second-order valence-electron chi connectivity index (χ2n) is 4.46. The van der Waals surface area contributed by atoms with Gasteiger partial charge in [-0.3, -0.25) is 10.1 Å². The summed E-state index contributed by atoms with van der Waals surface area (Å²) < 4.78 is 13.1. The summed E-state index contributed by atoms with van der Waals surface area (Å²) in [7, 11) is 0. The molecule has 0 bridgehead atoms. The van der Waals surface area contributed by atoms with Gasteiger partial charge in [-0.1, -0.05) is 17.7 Å². The third kappa shape index (κ3) is 3.90. The molecular formula is C14H11ClFN3O2S. The van der Waals surface area contributed by atoms with Crippen molar-refractivity contribution in [2.45, 2.75) is 6.92 Å². The highest BCUT2D eigenvalue weighted by Crippen LogP contribution is 2.23. The maximum absolute atomic E-state index is 13.1. The van der Waals surface area contributed by atoms with Crippen molar-refractivity contribution in [1.82, 2.24) is 0 Å². The van der Waals surface area contributed by atoms with Crippen LogP contribution >= 0.6 is 23.8 Å². The molecule has 2 aromatic carbocycles. The van der Waals surface area contributed by atoms with E-state index in [1.807, 2.05) is 0 Å². The summed E-state index contributed by atoms with van der Waals surface area (Å²) >= 11 is 10.8. The first-order valence-electron chi connectivity index (χ1n) is 6.15. The first kappa shape index (κ1) is 16.1. The molecule has 5 nitrogen and oxygen atoms in total. The zero-order chi connectivity index (χ0) is 16.3. The number of halogens is 2. The molecule has 2 rings (SSSR count). The zero-order valence-electron chi connectivity index (χ0n) is 11.4. The lowest BCUT2D eigenvalue weighted by Crippen LogP contribution is -2.19. The monoisotopic (exact) mass is 339 g/mol. The van der Waals surface area contributed by atoms with Gasteiger partial charge < -0.3 is 10.6 Å². The van der Waals surface area contributed by atoms with Crippen molar-refractivity contribution in [3.8, 4) is 0 Å². The van der Waals surface area contributed by atoms with Gasteiger partial charge in [-0.25, -0.2) is 4.39 Å². The maximum Gasteiger partial charge on any atom is 0.271 e. The van der Waals surface area contributed by atoms with Crippen LogP contribution in [0.25, 0.3) is 0 Å². The second-order valence-corrected chi connectivity index (χ2v) is 5.28. The van der Waals surface area contributed by atoms with E-state index in [1.54, 1.807) is 13.0 Å². The number of benzene rings is 2. The lowest BCUT2D eigenvalue weighted by molar-refractivity contribution is -0.384. The molecule has 0 heterocycles. The Morgan fingerprint density at radius 1 is 1.27 bits per heavy atom. The maximum atomic E-state index is 13.1. The molecule has 0 unspecified atom stereocenters. The van der Waals surface area contributed by atoms with E-state index >= 15 is 0 Å². The van der Waals surface area contributed by atoms with Crippen LogP contribution < -0.4 is 10.6 Å². The van der Waals surface area contributed by atoms with Crippen LogP contribution in [0.2, 0.25) is 5.02 Å². The summed E-state index contributed by atoms with van der Waals surface area (Å²) in [5.41, 5.74) is 1.78. The minimum absolute atomic E-state index is 0.0284. The number of non-ortho nitro benzene ring substituents is 1. The molecule has 0 saturated carbocycles. The van der Waals surface area contributed by atoms with Crippen LogP contribution in [0.15, 0.2) is 36.4 Å². The molecule has 0 aromatic heterocycles. The van der Waals surface area contributed by atoms with Crippen LogP contribution in [0.1, 0.15) is 5.56 Å². The predicted octanol–water partition coefficient (Wildman–Crippen LogP) is 4.50. The van der Waals surface area contributed by atoms with E-state index in [2.05, 4.69) is 10.6 Å². The van der Waals surface area contributed by atoms with Crippen LogP contribution in [-0.2, 0) is 0 Å². The highest BCUT2D eigenvalue weighted by Gasteiger charge is 2.10. The van der Waals surface area contributed by atoms with Crippen molar-refractivity contribution in [1.29, 1.82) is 0 Å². The van der Waals surface area contributed by atoms with E-state index in [4.69, 9.17) is 23.8 Å². The van der Waals surface area contributed by atoms with Gasteiger partial charge in [0.15, 0.2) is 5.11 Å². The zero-order valence-corrected chi connectivity index (χ0v) is 13.0. The minimum atomic E-state index is -0.527. The van der Waals surface area contributed by atoms with Gasteiger partial charge >= 0.3 is 0 Å². The molecule has 0 fully saturated rings. The SMILES string of the molecule is Cc1ccc([N+](=O)[O-])cc1NC(=S)Nc1ccc(F)c(Cl)c1. The Morgan fingerprint density at radius 3 is 2.64 bits per heavy atom. The van der Waals surface area contributed by atoms with Gasteiger partial charge in [0.1, 0.15) is 5.82 Å². The molecule has 0 amide bonds. The predicted molar refractivity (Wildman–Crippen MR) is 89.1 cm³/mol. The second kappa shape index (κ2) is 6.67. The molecule has 114 valence electrons. The van der Waals surface area contributed by atoms with Gasteiger partial charge in [-0.15, -0.1) is 0 Å². The molecule has 0 saturated heterocycles. The standard InChI is InChI=1S/C14H11ClFN3O2S/c1-8-2-4-10(19(20)21)7-13(8)18-14(22)17-9-3-5-12(16)11(15)6-9/h2-7H,1H3,(H2,17,18,22). The smallest absolute Gasteiger partial charge is 0.271 e. The fourth-order valence-electron chi connectivity index (χ4n) is 1.72. The van der Waals surface area contributed by atoms with E-state index in [-0.39, 0.29) is 15.8 Å².